The van der Waals surface area contributed by atoms with Crippen LogP contribution in [-0.2, 0) is 4.79 Å². The number of carbonyl (C=O) groups is 2. The number of nitrogens with one attached hydrogen (secondary N) is 3. The fourth-order valence-corrected chi connectivity index (χ4v) is 4.12. The molecule has 0 unspecified atom stereocenters. The predicted octanol–water partition coefficient (Wildman–Crippen LogP) is 3.43. The van der Waals surface area contributed by atoms with Crippen LogP contribution in [0.3, 0.4) is 0 Å². The van der Waals surface area contributed by atoms with Crippen LogP contribution in [0.4, 0.5) is 21.7 Å². The summed E-state index contributed by atoms with van der Waals surface area (Å²) in [4.78, 5) is 35.2. The Kier molecular flexibility index (Phi) is 7.99. The standard InChI is InChI=1S/C24H30FN7O2/c1-14(2)30-20-10-21(31-22-19(25)9-15(11-26)12-29-22)28-13-18(20)24(34)32(4)17-7-5-16(6-8-17)23(33)27-3/h9-10,12-14,16-17H,5-8H2,1-4H3,(H,27,33)(H2,28,29,30,31). The van der Waals surface area contributed by atoms with Crippen molar-refractivity contribution in [2.45, 2.75) is 51.6 Å². The van der Waals surface area contributed by atoms with Crippen molar-refractivity contribution in [2.24, 2.45) is 5.92 Å². The molecule has 0 radical (unpaired) electrons. The van der Waals surface area contributed by atoms with Gasteiger partial charge in [-0.2, -0.15) is 5.26 Å². The van der Waals surface area contributed by atoms with Gasteiger partial charge in [-0.3, -0.25) is 9.59 Å². The Labute approximate surface area is 198 Å². The molecule has 2 aromatic heterocycles. The summed E-state index contributed by atoms with van der Waals surface area (Å²) >= 11 is 0. The first-order valence-electron chi connectivity index (χ1n) is 11.3. The van der Waals surface area contributed by atoms with E-state index in [4.69, 9.17) is 5.26 Å². The quantitative estimate of drug-likeness (QED) is 0.570. The zero-order chi connectivity index (χ0) is 24.8. The van der Waals surface area contributed by atoms with Crippen LogP contribution >= 0.6 is 0 Å². The molecule has 9 nitrogen and oxygen atoms in total. The third-order valence-electron chi connectivity index (χ3n) is 5.98. The van der Waals surface area contributed by atoms with Crippen molar-refractivity contribution in [3.63, 3.8) is 0 Å². The first-order chi connectivity index (χ1) is 16.2. The number of anilines is 3. The van der Waals surface area contributed by atoms with Gasteiger partial charge in [-0.15, -0.1) is 0 Å². The Morgan fingerprint density at radius 1 is 1.18 bits per heavy atom. The highest BCUT2D eigenvalue weighted by Crippen LogP contribution is 2.30. The van der Waals surface area contributed by atoms with E-state index in [1.165, 1.54) is 12.4 Å². The van der Waals surface area contributed by atoms with Crippen LogP contribution in [0.5, 0.6) is 0 Å². The molecule has 180 valence electrons. The van der Waals surface area contributed by atoms with Gasteiger partial charge in [0.2, 0.25) is 5.91 Å². The molecule has 10 heteroatoms. The molecule has 0 saturated heterocycles. The second-order valence-corrected chi connectivity index (χ2v) is 8.74. The van der Waals surface area contributed by atoms with E-state index in [0.717, 1.165) is 31.7 Å². The Hall–Kier alpha value is -3.74. The van der Waals surface area contributed by atoms with Crippen molar-refractivity contribution in [2.75, 3.05) is 24.7 Å². The van der Waals surface area contributed by atoms with Crippen molar-refractivity contribution in [3.05, 3.63) is 41.5 Å². The summed E-state index contributed by atoms with van der Waals surface area (Å²) in [7, 11) is 3.42. The van der Waals surface area contributed by atoms with Gasteiger partial charge in [0.25, 0.3) is 5.91 Å². The molecule has 2 heterocycles. The molecule has 0 atom stereocenters. The van der Waals surface area contributed by atoms with Crippen molar-refractivity contribution < 1.29 is 14.0 Å². The molecular weight excluding hydrogens is 437 g/mol. The summed E-state index contributed by atoms with van der Waals surface area (Å²) in [5.41, 5.74) is 1.09. The molecule has 2 aromatic rings. The molecule has 1 saturated carbocycles. The molecular formula is C24H30FN7O2. The van der Waals surface area contributed by atoms with Crippen molar-refractivity contribution in [3.8, 4) is 6.07 Å². The lowest BCUT2D eigenvalue weighted by molar-refractivity contribution is -0.125. The number of nitriles is 1. The minimum atomic E-state index is -0.675. The van der Waals surface area contributed by atoms with E-state index in [-0.39, 0.29) is 41.2 Å². The third kappa shape index (κ3) is 5.78. The molecule has 1 aliphatic rings. The molecule has 3 rings (SSSR count). The number of nitrogens with zero attached hydrogens (tertiary/aromatic N) is 4. The Morgan fingerprint density at radius 3 is 2.47 bits per heavy atom. The maximum Gasteiger partial charge on any atom is 0.257 e. The van der Waals surface area contributed by atoms with Crippen LogP contribution in [0, 0.1) is 23.1 Å². The number of aromatic nitrogens is 2. The minimum absolute atomic E-state index is 0.00817. The fourth-order valence-electron chi connectivity index (χ4n) is 4.12. The zero-order valence-corrected chi connectivity index (χ0v) is 19.9. The summed E-state index contributed by atoms with van der Waals surface area (Å²) in [6.07, 6.45) is 5.72. The molecule has 1 fully saturated rings. The number of hydrogen-bond donors (Lipinski definition) is 3. The van der Waals surface area contributed by atoms with Crippen molar-refractivity contribution in [1.82, 2.24) is 20.2 Å². The summed E-state index contributed by atoms with van der Waals surface area (Å²) in [6, 6.07) is 4.65. The maximum absolute atomic E-state index is 14.2. The van der Waals surface area contributed by atoms with E-state index in [1.807, 2.05) is 19.9 Å². The lowest BCUT2D eigenvalue weighted by Crippen LogP contribution is -2.42. The smallest absolute Gasteiger partial charge is 0.257 e. The van der Waals surface area contributed by atoms with Crippen molar-refractivity contribution >= 4 is 29.1 Å². The maximum atomic E-state index is 14.2. The molecule has 2 amide bonds. The van der Waals surface area contributed by atoms with Crippen LogP contribution in [0.1, 0.15) is 55.5 Å². The van der Waals surface area contributed by atoms with Gasteiger partial charge in [-0.25, -0.2) is 14.4 Å². The van der Waals surface area contributed by atoms with Crippen LogP contribution in [0.25, 0.3) is 0 Å². The highest BCUT2D eigenvalue weighted by molar-refractivity contribution is 6.00. The predicted molar refractivity (Wildman–Crippen MR) is 127 cm³/mol. The average Bonchev–Trinajstić information content (AvgIpc) is 2.83. The van der Waals surface area contributed by atoms with E-state index in [2.05, 4.69) is 25.9 Å². The third-order valence-corrected chi connectivity index (χ3v) is 5.98. The van der Waals surface area contributed by atoms with Gasteiger partial charge in [-0.1, -0.05) is 0 Å². The molecule has 3 N–H and O–H groups in total. The Morgan fingerprint density at radius 2 is 1.88 bits per heavy atom. The average molecular weight is 468 g/mol. The molecule has 0 bridgehead atoms. The largest absolute Gasteiger partial charge is 0.382 e. The lowest BCUT2D eigenvalue weighted by Gasteiger charge is -2.34. The van der Waals surface area contributed by atoms with E-state index < -0.39 is 5.82 Å². The monoisotopic (exact) mass is 467 g/mol. The number of rotatable bonds is 7. The summed E-state index contributed by atoms with van der Waals surface area (Å²) < 4.78 is 14.2. The van der Waals surface area contributed by atoms with E-state index >= 15 is 0 Å². The van der Waals surface area contributed by atoms with Crippen LogP contribution in [-0.4, -0.2) is 52.9 Å². The summed E-state index contributed by atoms with van der Waals surface area (Å²) in [6.45, 7) is 3.90. The van der Waals surface area contributed by atoms with Gasteiger partial charge in [0.1, 0.15) is 11.9 Å². The highest BCUT2D eigenvalue weighted by Gasteiger charge is 2.30. The van der Waals surface area contributed by atoms with Gasteiger partial charge in [-0.05, 0) is 45.6 Å². The number of amides is 2. The highest BCUT2D eigenvalue weighted by atomic mass is 19.1. The normalized spacial score (nSPS) is 17.6. The molecule has 1 aliphatic carbocycles. The molecule has 0 spiro atoms. The Bertz CT molecular complexity index is 1090. The number of carbonyl (C=O) groups excluding carboxylic acids is 2. The van der Waals surface area contributed by atoms with E-state index in [1.54, 1.807) is 25.1 Å². The van der Waals surface area contributed by atoms with Crippen LogP contribution < -0.4 is 16.0 Å². The first kappa shape index (κ1) is 24.9. The van der Waals surface area contributed by atoms with Crippen molar-refractivity contribution in [1.29, 1.82) is 5.26 Å². The summed E-state index contributed by atoms with van der Waals surface area (Å²) in [5, 5.41) is 17.7. The number of hydrogen-bond acceptors (Lipinski definition) is 7. The van der Waals surface area contributed by atoms with E-state index in [0.29, 0.717) is 17.1 Å². The SMILES string of the molecule is CNC(=O)C1CCC(N(C)C(=O)c2cnc(Nc3ncc(C#N)cc3F)cc2NC(C)C)CC1. The summed E-state index contributed by atoms with van der Waals surface area (Å²) in [5.74, 6) is -0.558. The van der Waals surface area contributed by atoms with Crippen LogP contribution in [0.15, 0.2) is 24.5 Å². The Balaban J connectivity index is 1.79. The van der Waals surface area contributed by atoms with Gasteiger partial charge in [0.15, 0.2) is 11.6 Å². The second-order valence-electron chi connectivity index (χ2n) is 8.74. The van der Waals surface area contributed by atoms with Gasteiger partial charge >= 0.3 is 0 Å². The molecule has 0 aliphatic heterocycles. The number of pyridine rings is 2. The molecule has 0 aromatic carbocycles. The van der Waals surface area contributed by atoms with Crippen LogP contribution in [0.2, 0.25) is 0 Å². The topological polar surface area (TPSA) is 123 Å². The first-order valence-corrected chi connectivity index (χ1v) is 11.3. The van der Waals surface area contributed by atoms with Gasteiger partial charge in [0.05, 0.1) is 16.8 Å². The molecule has 34 heavy (non-hydrogen) atoms. The number of halogens is 1. The zero-order valence-electron chi connectivity index (χ0n) is 19.9. The lowest BCUT2D eigenvalue weighted by atomic mass is 9.84. The van der Waals surface area contributed by atoms with E-state index in [9.17, 15) is 14.0 Å². The van der Waals surface area contributed by atoms with Gasteiger partial charge in [0, 0.05) is 50.6 Å². The fraction of sp³-hybridized carbons (Fsp3) is 0.458. The minimum Gasteiger partial charge on any atom is -0.382 e. The second kappa shape index (κ2) is 10.9. The van der Waals surface area contributed by atoms with Gasteiger partial charge < -0.3 is 20.9 Å².